The molecule has 0 heterocycles. The summed E-state index contributed by atoms with van der Waals surface area (Å²) in [6.45, 7) is 0.208. The highest BCUT2D eigenvalue weighted by Crippen LogP contribution is 2.29. The monoisotopic (exact) mass is 393 g/mol. The van der Waals surface area contributed by atoms with Crippen LogP contribution in [0, 0.1) is 10.1 Å². The Kier molecular flexibility index (Phi) is 6.85. The molecule has 2 aromatic carbocycles. The minimum Gasteiger partial charge on any atom is -0.490 e. The molecule has 1 amide bonds. The Morgan fingerprint density at radius 2 is 1.89 bits per heavy atom. The molecule has 10 heteroatoms. The molecule has 0 unspecified atom stereocenters. The van der Waals surface area contributed by atoms with Crippen molar-refractivity contribution in [2.24, 2.45) is 0 Å². The van der Waals surface area contributed by atoms with Crippen LogP contribution < -0.4 is 14.8 Å². The minimum atomic E-state index is -3.99. The molecule has 0 aliphatic heterocycles. The van der Waals surface area contributed by atoms with Gasteiger partial charge < -0.3 is 10.1 Å². The molecule has 0 spiro atoms. The fraction of sp³-hybridized carbons (Fsp3) is 0.235. The lowest BCUT2D eigenvalue weighted by Gasteiger charge is -2.09. The predicted octanol–water partition coefficient (Wildman–Crippen LogP) is 1.59. The molecule has 0 bridgehead atoms. The second-order valence-electron chi connectivity index (χ2n) is 5.50. The van der Waals surface area contributed by atoms with Crippen LogP contribution in [-0.2, 0) is 21.4 Å². The summed E-state index contributed by atoms with van der Waals surface area (Å²) in [5.74, 6) is -0.360. The van der Waals surface area contributed by atoms with Gasteiger partial charge in [0, 0.05) is 25.6 Å². The van der Waals surface area contributed by atoms with Crippen LogP contribution in [-0.4, -0.2) is 32.9 Å². The maximum atomic E-state index is 12.3. The fourth-order valence-corrected chi connectivity index (χ4v) is 3.30. The zero-order valence-corrected chi connectivity index (χ0v) is 15.4. The molecule has 2 rings (SSSR count). The number of nitrogens with zero attached hydrogens (tertiary/aromatic N) is 1. The number of nitro groups is 1. The summed E-state index contributed by atoms with van der Waals surface area (Å²) >= 11 is 0. The Balaban J connectivity index is 1.92. The number of rotatable bonds is 9. The fourth-order valence-electron chi connectivity index (χ4n) is 2.25. The largest absolute Gasteiger partial charge is 0.490 e. The molecule has 27 heavy (non-hydrogen) atoms. The first-order valence-electron chi connectivity index (χ1n) is 7.96. The number of sulfonamides is 1. The van der Waals surface area contributed by atoms with E-state index < -0.39 is 20.6 Å². The van der Waals surface area contributed by atoms with Crippen molar-refractivity contribution in [2.75, 3.05) is 13.7 Å². The summed E-state index contributed by atoms with van der Waals surface area (Å²) in [4.78, 5) is 21.8. The van der Waals surface area contributed by atoms with Crippen molar-refractivity contribution >= 4 is 21.6 Å². The van der Waals surface area contributed by atoms with Crippen LogP contribution >= 0.6 is 0 Å². The molecule has 0 aliphatic rings. The van der Waals surface area contributed by atoms with Crippen LogP contribution in [0.3, 0.4) is 0 Å². The van der Waals surface area contributed by atoms with E-state index in [9.17, 15) is 23.3 Å². The summed E-state index contributed by atoms with van der Waals surface area (Å²) in [5.41, 5.74) is 0.470. The molecular formula is C17H19N3O6S. The van der Waals surface area contributed by atoms with E-state index in [-0.39, 0.29) is 29.5 Å². The van der Waals surface area contributed by atoms with Gasteiger partial charge in [0.2, 0.25) is 15.9 Å². The molecule has 0 atom stereocenters. The summed E-state index contributed by atoms with van der Waals surface area (Å²) in [6, 6.07) is 12.6. The van der Waals surface area contributed by atoms with E-state index in [1.165, 1.54) is 19.2 Å². The third-order valence-electron chi connectivity index (χ3n) is 3.63. The van der Waals surface area contributed by atoms with Crippen molar-refractivity contribution in [1.82, 2.24) is 10.0 Å². The van der Waals surface area contributed by atoms with Crippen LogP contribution in [0.2, 0.25) is 0 Å². The van der Waals surface area contributed by atoms with Gasteiger partial charge in [-0.2, -0.15) is 0 Å². The van der Waals surface area contributed by atoms with Crippen molar-refractivity contribution < 1.29 is 22.9 Å². The predicted molar refractivity (Wildman–Crippen MR) is 97.7 cm³/mol. The van der Waals surface area contributed by atoms with Crippen LogP contribution in [0.4, 0.5) is 5.69 Å². The van der Waals surface area contributed by atoms with Crippen molar-refractivity contribution in [3.8, 4) is 5.75 Å². The molecule has 0 aromatic heterocycles. The Morgan fingerprint density at radius 1 is 1.19 bits per heavy atom. The molecule has 2 N–H and O–H groups in total. The van der Waals surface area contributed by atoms with E-state index in [2.05, 4.69) is 10.0 Å². The van der Waals surface area contributed by atoms with E-state index in [1.54, 1.807) is 0 Å². The third-order valence-corrected chi connectivity index (χ3v) is 5.09. The van der Waals surface area contributed by atoms with Crippen molar-refractivity contribution in [1.29, 1.82) is 0 Å². The van der Waals surface area contributed by atoms with Gasteiger partial charge in [-0.15, -0.1) is 0 Å². The van der Waals surface area contributed by atoms with Gasteiger partial charge in [0.1, 0.15) is 0 Å². The molecule has 0 saturated carbocycles. The van der Waals surface area contributed by atoms with Gasteiger partial charge in [-0.05, 0) is 17.7 Å². The zero-order valence-electron chi connectivity index (χ0n) is 14.5. The second kappa shape index (κ2) is 9.10. The minimum absolute atomic E-state index is 0.0424. The Hall–Kier alpha value is -2.98. The van der Waals surface area contributed by atoms with Gasteiger partial charge in [-0.1, -0.05) is 30.3 Å². The van der Waals surface area contributed by atoms with E-state index in [0.717, 1.165) is 11.6 Å². The molecule has 0 fully saturated rings. The van der Waals surface area contributed by atoms with E-state index >= 15 is 0 Å². The second-order valence-corrected chi connectivity index (χ2v) is 7.27. The number of carbonyl (C=O) groups is 1. The van der Waals surface area contributed by atoms with E-state index in [4.69, 9.17) is 4.74 Å². The van der Waals surface area contributed by atoms with Crippen molar-refractivity contribution in [2.45, 2.75) is 17.9 Å². The number of benzene rings is 2. The third kappa shape index (κ3) is 5.76. The summed E-state index contributed by atoms with van der Waals surface area (Å²) in [5, 5.41) is 13.7. The number of methoxy groups -OCH3 is 1. The topological polar surface area (TPSA) is 128 Å². The first kappa shape index (κ1) is 20.3. The zero-order chi connectivity index (χ0) is 19.9. The van der Waals surface area contributed by atoms with Crippen molar-refractivity contribution in [3.63, 3.8) is 0 Å². The number of amides is 1. The quantitative estimate of drug-likeness (QED) is 0.492. The average molecular weight is 393 g/mol. The van der Waals surface area contributed by atoms with E-state index in [0.29, 0.717) is 6.54 Å². The molecule has 0 radical (unpaired) electrons. The van der Waals surface area contributed by atoms with Gasteiger partial charge >= 0.3 is 5.69 Å². The van der Waals surface area contributed by atoms with Gasteiger partial charge in [0.25, 0.3) is 0 Å². The first-order chi connectivity index (χ1) is 12.8. The van der Waals surface area contributed by atoms with Gasteiger partial charge in [-0.25, -0.2) is 13.1 Å². The van der Waals surface area contributed by atoms with Crippen LogP contribution in [0.1, 0.15) is 12.0 Å². The first-order valence-corrected chi connectivity index (χ1v) is 9.44. The smallest absolute Gasteiger partial charge is 0.312 e. The number of ether oxygens (including phenoxy) is 1. The number of hydrogen-bond donors (Lipinski definition) is 2. The SMILES string of the molecule is COc1ccc(S(=O)(=O)NCCC(=O)NCc2ccccc2)cc1[N+](=O)[O-]. The molecule has 0 saturated heterocycles. The van der Waals surface area contributed by atoms with E-state index in [1.807, 2.05) is 30.3 Å². The molecule has 9 nitrogen and oxygen atoms in total. The maximum absolute atomic E-state index is 12.3. The lowest BCUT2D eigenvalue weighted by Crippen LogP contribution is -2.30. The molecule has 144 valence electrons. The Morgan fingerprint density at radius 3 is 2.52 bits per heavy atom. The van der Waals surface area contributed by atoms with Crippen LogP contribution in [0.5, 0.6) is 5.75 Å². The lowest BCUT2D eigenvalue weighted by molar-refractivity contribution is -0.386. The molecular weight excluding hydrogens is 374 g/mol. The Bertz CT molecular complexity index is 916. The van der Waals surface area contributed by atoms with Crippen molar-refractivity contribution in [3.05, 3.63) is 64.2 Å². The summed E-state index contributed by atoms with van der Waals surface area (Å²) in [6.07, 6.45) is -0.0652. The number of carbonyl (C=O) groups excluding carboxylic acids is 1. The highest BCUT2D eigenvalue weighted by atomic mass is 32.2. The summed E-state index contributed by atoms with van der Waals surface area (Å²) < 4.78 is 31.6. The maximum Gasteiger partial charge on any atom is 0.312 e. The summed E-state index contributed by atoms with van der Waals surface area (Å²) in [7, 11) is -2.74. The van der Waals surface area contributed by atoms with Gasteiger partial charge in [0.05, 0.1) is 16.9 Å². The van der Waals surface area contributed by atoms with Crippen LogP contribution in [0.25, 0.3) is 0 Å². The average Bonchev–Trinajstić information content (AvgIpc) is 2.66. The van der Waals surface area contributed by atoms with Gasteiger partial charge in [0.15, 0.2) is 5.75 Å². The Labute approximate surface area is 156 Å². The molecule has 2 aromatic rings. The highest BCUT2D eigenvalue weighted by Gasteiger charge is 2.21. The van der Waals surface area contributed by atoms with Crippen LogP contribution in [0.15, 0.2) is 53.4 Å². The lowest BCUT2D eigenvalue weighted by atomic mass is 10.2. The number of nitrogens with one attached hydrogen (secondary N) is 2. The molecule has 0 aliphatic carbocycles. The highest BCUT2D eigenvalue weighted by molar-refractivity contribution is 7.89. The normalized spacial score (nSPS) is 11.0. The number of hydrogen-bond acceptors (Lipinski definition) is 6. The standard InChI is InChI=1S/C17H19N3O6S/c1-26-16-8-7-14(11-15(16)20(22)23)27(24,25)19-10-9-17(21)18-12-13-5-3-2-4-6-13/h2-8,11,19H,9-10,12H2,1H3,(H,18,21). The van der Waals surface area contributed by atoms with Gasteiger partial charge in [-0.3, -0.25) is 14.9 Å². The number of nitro benzene ring substituents is 1.